The molecule has 0 aliphatic heterocycles. The third kappa shape index (κ3) is 2.55. The molecule has 1 heterocycles. The highest BCUT2D eigenvalue weighted by atomic mass is 16.2. The minimum Gasteiger partial charge on any atom is -0.339 e. The van der Waals surface area contributed by atoms with Crippen LogP contribution < -0.4 is 0 Å². The quantitative estimate of drug-likeness (QED) is 0.803. The molecule has 0 spiro atoms. The van der Waals surface area contributed by atoms with E-state index in [-0.39, 0.29) is 11.3 Å². The van der Waals surface area contributed by atoms with Crippen LogP contribution in [0.15, 0.2) is 18.3 Å². The lowest BCUT2D eigenvalue weighted by Gasteiger charge is -2.34. The van der Waals surface area contributed by atoms with Gasteiger partial charge in [-0.15, -0.1) is 0 Å². The second-order valence-electron chi connectivity index (χ2n) is 6.18. The van der Waals surface area contributed by atoms with Crippen LogP contribution in [0.25, 0.3) is 0 Å². The zero-order chi connectivity index (χ0) is 13.3. The van der Waals surface area contributed by atoms with E-state index >= 15 is 0 Å². The SMILES string of the molecule is CN(C(=O)c1ccc(C(C)(C)C)nc1)C1CCC1. The summed E-state index contributed by atoms with van der Waals surface area (Å²) in [5.74, 6) is 0.0904. The Morgan fingerprint density at radius 2 is 2.00 bits per heavy atom. The highest BCUT2D eigenvalue weighted by Crippen LogP contribution is 2.25. The van der Waals surface area contributed by atoms with E-state index in [4.69, 9.17) is 0 Å². The predicted octanol–water partition coefficient (Wildman–Crippen LogP) is 3.00. The zero-order valence-electron chi connectivity index (χ0n) is 11.7. The summed E-state index contributed by atoms with van der Waals surface area (Å²) >= 11 is 0. The summed E-state index contributed by atoms with van der Waals surface area (Å²) in [6, 6.07) is 4.28. The fourth-order valence-electron chi connectivity index (χ4n) is 2.11. The first-order chi connectivity index (χ1) is 8.39. The topological polar surface area (TPSA) is 33.2 Å². The fourth-order valence-corrected chi connectivity index (χ4v) is 2.11. The molecular formula is C15H22N2O. The van der Waals surface area contributed by atoms with Gasteiger partial charge in [0.05, 0.1) is 5.56 Å². The Kier molecular flexibility index (Phi) is 3.42. The molecule has 0 bridgehead atoms. The van der Waals surface area contributed by atoms with E-state index in [1.165, 1.54) is 6.42 Å². The lowest BCUT2D eigenvalue weighted by atomic mass is 9.90. The summed E-state index contributed by atoms with van der Waals surface area (Å²) < 4.78 is 0. The van der Waals surface area contributed by atoms with E-state index in [9.17, 15) is 4.79 Å². The molecule has 0 radical (unpaired) electrons. The van der Waals surface area contributed by atoms with Gasteiger partial charge < -0.3 is 4.90 Å². The van der Waals surface area contributed by atoms with Gasteiger partial charge in [0.1, 0.15) is 0 Å². The van der Waals surface area contributed by atoms with Crippen molar-refractivity contribution in [2.24, 2.45) is 0 Å². The number of amides is 1. The molecule has 98 valence electrons. The van der Waals surface area contributed by atoms with Crippen LogP contribution in [0.1, 0.15) is 56.1 Å². The average molecular weight is 246 g/mol. The summed E-state index contributed by atoms with van der Waals surface area (Å²) in [6.07, 6.45) is 5.22. The molecule has 1 aliphatic carbocycles. The summed E-state index contributed by atoms with van der Waals surface area (Å²) in [5.41, 5.74) is 1.74. The minimum absolute atomic E-state index is 0.0292. The smallest absolute Gasteiger partial charge is 0.255 e. The Morgan fingerprint density at radius 1 is 1.33 bits per heavy atom. The van der Waals surface area contributed by atoms with Crippen molar-refractivity contribution in [2.45, 2.75) is 51.5 Å². The Morgan fingerprint density at radius 3 is 2.39 bits per heavy atom. The van der Waals surface area contributed by atoms with Crippen molar-refractivity contribution in [3.8, 4) is 0 Å². The lowest BCUT2D eigenvalue weighted by Crippen LogP contribution is -2.41. The zero-order valence-corrected chi connectivity index (χ0v) is 11.7. The van der Waals surface area contributed by atoms with Gasteiger partial charge in [0.15, 0.2) is 0 Å². The molecule has 1 amide bonds. The molecule has 0 atom stereocenters. The molecule has 18 heavy (non-hydrogen) atoms. The Bertz CT molecular complexity index is 427. The van der Waals surface area contributed by atoms with E-state index in [1.54, 1.807) is 6.20 Å². The Labute approximate surface area is 109 Å². The van der Waals surface area contributed by atoms with Crippen molar-refractivity contribution in [3.63, 3.8) is 0 Å². The van der Waals surface area contributed by atoms with Gasteiger partial charge in [0, 0.05) is 30.4 Å². The monoisotopic (exact) mass is 246 g/mol. The number of pyridine rings is 1. The number of carbonyl (C=O) groups excluding carboxylic acids is 1. The molecule has 3 heteroatoms. The normalized spacial score (nSPS) is 16.2. The van der Waals surface area contributed by atoms with Crippen LogP contribution in [-0.2, 0) is 5.41 Å². The van der Waals surface area contributed by atoms with E-state index in [2.05, 4.69) is 25.8 Å². The van der Waals surface area contributed by atoms with Crippen molar-refractivity contribution >= 4 is 5.91 Å². The van der Waals surface area contributed by atoms with Crippen molar-refractivity contribution in [1.29, 1.82) is 0 Å². The second kappa shape index (κ2) is 4.71. The summed E-state index contributed by atoms with van der Waals surface area (Å²) in [5, 5.41) is 0. The van der Waals surface area contributed by atoms with Crippen molar-refractivity contribution in [3.05, 3.63) is 29.6 Å². The van der Waals surface area contributed by atoms with Crippen LogP contribution in [0, 0.1) is 0 Å². The standard InChI is InChI=1S/C15H22N2O/c1-15(2,3)13-9-8-11(10-16-13)14(18)17(4)12-6-5-7-12/h8-10,12H,5-7H2,1-4H3. The Hall–Kier alpha value is -1.38. The second-order valence-corrected chi connectivity index (χ2v) is 6.18. The summed E-state index contributed by atoms with van der Waals surface area (Å²) in [7, 11) is 1.89. The number of rotatable bonds is 2. The summed E-state index contributed by atoms with van der Waals surface area (Å²) in [4.78, 5) is 18.5. The highest BCUT2D eigenvalue weighted by Gasteiger charge is 2.26. The molecule has 0 aromatic carbocycles. The molecule has 0 saturated heterocycles. The number of nitrogens with zero attached hydrogens (tertiary/aromatic N) is 2. The van der Waals surface area contributed by atoms with Crippen LogP contribution in [0.5, 0.6) is 0 Å². The predicted molar refractivity (Wildman–Crippen MR) is 72.7 cm³/mol. The molecule has 0 unspecified atom stereocenters. The number of hydrogen-bond acceptors (Lipinski definition) is 2. The third-order valence-electron chi connectivity index (χ3n) is 3.72. The van der Waals surface area contributed by atoms with E-state index in [0.29, 0.717) is 11.6 Å². The van der Waals surface area contributed by atoms with Crippen LogP contribution in [-0.4, -0.2) is 28.9 Å². The van der Waals surface area contributed by atoms with E-state index < -0.39 is 0 Å². The van der Waals surface area contributed by atoms with Gasteiger partial charge in [-0.05, 0) is 31.4 Å². The Balaban J connectivity index is 2.11. The largest absolute Gasteiger partial charge is 0.339 e. The van der Waals surface area contributed by atoms with Crippen molar-refractivity contribution in [1.82, 2.24) is 9.88 Å². The van der Waals surface area contributed by atoms with Gasteiger partial charge in [-0.3, -0.25) is 9.78 Å². The van der Waals surface area contributed by atoms with Crippen molar-refractivity contribution < 1.29 is 4.79 Å². The molecule has 1 aromatic rings. The highest BCUT2D eigenvalue weighted by molar-refractivity contribution is 5.94. The first kappa shape index (κ1) is 13.1. The fraction of sp³-hybridized carbons (Fsp3) is 0.600. The molecule has 1 saturated carbocycles. The van der Waals surface area contributed by atoms with E-state index in [0.717, 1.165) is 18.5 Å². The third-order valence-corrected chi connectivity index (χ3v) is 3.72. The van der Waals surface area contributed by atoms with Crippen LogP contribution in [0.4, 0.5) is 0 Å². The van der Waals surface area contributed by atoms with Gasteiger partial charge in [-0.2, -0.15) is 0 Å². The number of aromatic nitrogens is 1. The molecular weight excluding hydrogens is 224 g/mol. The van der Waals surface area contributed by atoms with Gasteiger partial charge in [0.2, 0.25) is 0 Å². The van der Waals surface area contributed by atoms with Crippen LogP contribution >= 0.6 is 0 Å². The van der Waals surface area contributed by atoms with Crippen LogP contribution in [0.3, 0.4) is 0 Å². The maximum absolute atomic E-state index is 12.2. The molecule has 2 rings (SSSR count). The molecule has 1 aromatic heterocycles. The minimum atomic E-state index is 0.0292. The maximum atomic E-state index is 12.2. The number of carbonyl (C=O) groups is 1. The summed E-state index contributed by atoms with van der Waals surface area (Å²) in [6.45, 7) is 6.37. The molecule has 3 nitrogen and oxygen atoms in total. The van der Waals surface area contributed by atoms with Gasteiger partial charge in [0.25, 0.3) is 5.91 Å². The van der Waals surface area contributed by atoms with Gasteiger partial charge in [-0.25, -0.2) is 0 Å². The van der Waals surface area contributed by atoms with E-state index in [1.807, 2.05) is 24.1 Å². The maximum Gasteiger partial charge on any atom is 0.255 e. The molecule has 1 aliphatic rings. The first-order valence-corrected chi connectivity index (χ1v) is 6.63. The van der Waals surface area contributed by atoms with Gasteiger partial charge >= 0.3 is 0 Å². The first-order valence-electron chi connectivity index (χ1n) is 6.63. The lowest BCUT2D eigenvalue weighted by molar-refractivity contribution is 0.0651. The molecule has 0 N–H and O–H groups in total. The number of hydrogen-bond donors (Lipinski definition) is 0. The van der Waals surface area contributed by atoms with Crippen molar-refractivity contribution in [2.75, 3.05) is 7.05 Å². The average Bonchev–Trinajstić information content (AvgIpc) is 2.24. The van der Waals surface area contributed by atoms with Crippen LogP contribution in [0.2, 0.25) is 0 Å². The van der Waals surface area contributed by atoms with Gasteiger partial charge in [-0.1, -0.05) is 20.8 Å². The molecule has 1 fully saturated rings.